The van der Waals surface area contributed by atoms with Crippen LogP contribution in [0.25, 0.3) is 0 Å². The molecule has 6 nitrogen and oxygen atoms in total. The summed E-state index contributed by atoms with van der Waals surface area (Å²) in [6, 6.07) is -0.713. The van der Waals surface area contributed by atoms with Gasteiger partial charge >= 0.3 is 0 Å². The van der Waals surface area contributed by atoms with Gasteiger partial charge < -0.3 is 15.5 Å². The Morgan fingerprint density at radius 1 is 1.17 bits per heavy atom. The Hall–Kier alpha value is -1.43. The fraction of sp³-hybridized carbons (Fsp3) is 0.750. The number of Topliss-reactive ketones (excluding diaryl/α,β-unsaturated/α-hetero) is 1. The third kappa shape index (κ3) is 6.34. The zero-order valence-corrected chi connectivity index (χ0v) is 11.6. The van der Waals surface area contributed by atoms with E-state index in [4.69, 9.17) is 0 Å². The van der Waals surface area contributed by atoms with Crippen LogP contribution in [0.5, 0.6) is 0 Å². The van der Waals surface area contributed by atoms with Crippen molar-refractivity contribution >= 4 is 17.6 Å². The van der Waals surface area contributed by atoms with Gasteiger partial charge in [0.1, 0.15) is 11.8 Å². The molecular weight excluding hydrogens is 234 g/mol. The van der Waals surface area contributed by atoms with Crippen LogP contribution in [-0.4, -0.2) is 55.7 Å². The standard InChI is InChI=1S/C12H23N3O3/c1-9(16)8-11(15(4)10(2)17)12(18)14-7-5-6-13-3/h11,13H,5-8H2,1-4H3,(H,14,18). The van der Waals surface area contributed by atoms with E-state index in [1.807, 2.05) is 7.05 Å². The first-order valence-electron chi connectivity index (χ1n) is 6.05. The number of hydrogen-bond acceptors (Lipinski definition) is 4. The van der Waals surface area contributed by atoms with Crippen LogP contribution in [0.15, 0.2) is 0 Å². The molecule has 18 heavy (non-hydrogen) atoms. The number of nitrogens with zero attached hydrogens (tertiary/aromatic N) is 1. The summed E-state index contributed by atoms with van der Waals surface area (Å²) in [6.45, 7) is 4.12. The molecular formula is C12H23N3O3. The highest BCUT2D eigenvalue weighted by Gasteiger charge is 2.25. The number of likely N-dealkylation sites (N-methyl/N-ethyl adjacent to an activating group) is 1. The predicted molar refractivity (Wildman–Crippen MR) is 69.1 cm³/mol. The van der Waals surface area contributed by atoms with Crippen LogP contribution in [0.1, 0.15) is 26.7 Å². The molecule has 0 aromatic carbocycles. The van der Waals surface area contributed by atoms with E-state index in [0.29, 0.717) is 6.54 Å². The molecule has 0 aliphatic heterocycles. The molecule has 6 heteroatoms. The Labute approximate surface area is 108 Å². The van der Waals surface area contributed by atoms with Crippen LogP contribution in [-0.2, 0) is 14.4 Å². The molecule has 0 aromatic rings. The van der Waals surface area contributed by atoms with Gasteiger partial charge in [-0.3, -0.25) is 14.4 Å². The highest BCUT2D eigenvalue weighted by atomic mass is 16.2. The van der Waals surface area contributed by atoms with Crippen molar-refractivity contribution in [2.45, 2.75) is 32.7 Å². The Kier molecular flexibility index (Phi) is 7.94. The zero-order chi connectivity index (χ0) is 14.1. The van der Waals surface area contributed by atoms with Crippen molar-refractivity contribution in [3.8, 4) is 0 Å². The summed E-state index contributed by atoms with van der Waals surface area (Å²) >= 11 is 0. The summed E-state index contributed by atoms with van der Waals surface area (Å²) in [5.74, 6) is -0.621. The monoisotopic (exact) mass is 257 g/mol. The third-order valence-corrected chi connectivity index (χ3v) is 2.65. The van der Waals surface area contributed by atoms with Crippen molar-refractivity contribution < 1.29 is 14.4 Å². The average Bonchev–Trinajstić information content (AvgIpc) is 2.30. The molecule has 0 saturated heterocycles. The van der Waals surface area contributed by atoms with E-state index in [9.17, 15) is 14.4 Å². The molecule has 2 amide bonds. The maximum absolute atomic E-state index is 11.9. The second-order valence-corrected chi connectivity index (χ2v) is 4.30. The van der Waals surface area contributed by atoms with Crippen molar-refractivity contribution in [3.05, 3.63) is 0 Å². The largest absolute Gasteiger partial charge is 0.354 e. The maximum atomic E-state index is 11.9. The highest BCUT2D eigenvalue weighted by molar-refractivity contribution is 5.91. The fourth-order valence-electron chi connectivity index (χ4n) is 1.49. The number of hydrogen-bond donors (Lipinski definition) is 2. The van der Waals surface area contributed by atoms with Gasteiger partial charge in [0.2, 0.25) is 11.8 Å². The van der Waals surface area contributed by atoms with Crippen molar-refractivity contribution in [3.63, 3.8) is 0 Å². The van der Waals surface area contributed by atoms with Crippen LogP contribution < -0.4 is 10.6 Å². The van der Waals surface area contributed by atoms with Gasteiger partial charge in [0.05, 0.1) is 0 Å². The van der Waals surface area contributed by atoms with Gasteiger partial charge in [-0.2, -0.15) is 0 Å². The van der Waals surface area contributed by atoms with E-state index in [1.54, 1.807) is 0 Å². The summed E-state index contributed by atoms with van der Waals surface area (Å²) in [5.41, 5.74) is 0. The minimum atomic E-state index is -0.713. The van der Waals surface area contributed by atoms with Gasteiger partial charge in [-0.25, -0.2) is 0 Å². The van der Waals surface area contributed by atoms with Crippen LogP contribution in [0.4, 0.5) is 0 Å². The number of carbonyl (C=O) groups is 3. The van der Waals surface area contributed by atoms with Crippen LogP contribution in [0.2, 0.25) is 0 Å². The SMILES string of the molecule is CNCCCNC(=O)C(CC(C)=O)N(C)C(C)=O. The van der Waals surface area contributed by atoms with Gasteiger partial charge in [-0.1, -0.05) is 0 Å². The summed E-state index contributed by atoms with van der Waals surface area (Å²) in [4.78, 5) is 35.6. The first kappa shape index (κ1) is 16.6. The summed E-state index contributed by atoms with van der Waals surface area (Å²) in [7, 11) is 3.37. The third-order valence-electron chi connectivity index (χ3n) is 2.65. The summed E-state index contributed by atoms with van der Waals surface area (Å²) in [6.07, 6.45) is 0.854. The van der Waals surface area contributed by atoms with Gasteiger partial charge in [0.25, 0.3) is 0 Å². The zero-order valence-electron chi connectivity index (χ0n) is 11.6. The topological polar surface area (TPSA) is 78.5 Å². The minimum absolute atomic E-state index is 0.0495. The molecule has 0 bridgehead atoms. The first-order valence-corrected chi connectivity index (χ1v) is 6.05. The quantitative estimate of drug-likeness (QED) is 0.577. The van der Waals surface area contributed by atoms with E-state index < -0.39 is 6.04 Å². The second-order valence-electron chi connectivity index (χ2n) is 4.30. The first-order chi connectivity index (χ1) is 8.40. The number of ketones is 1. The molecule has 0 fully saturated rings. The van der Waals surface area contributed by atoms with Gasteiger partial charge in [0, 0.05) is 26.9 Å². The normalized spacial score (nSPS) is 11.8. The molecule has 0 heterocycles. The fourth-order valence-corrected chi connectivity index (χ4v) is 1.49. The molecule has 0 spiro atoms. The lowest BCUT2D eigenvalue weighted by Gasteiger charge is -2.25. The minimum Gasteiger partial charge on any atom is -0.354 e. The lowest BCUT2D eigenvalue weighted by atomic mass is 10.1. The Morgan fingerprint density at radius 3 is 2.22 bits per heavy atom. The van der Waals surface area contributed by atoms with Gasteiger partial charge in [-0.05, 0) is 26.9 Å². The molecule has 0 aliphatic rings. The smallest absolute Gasteiger partial charge is 0.243 e. The van der Waals surface area contributed by atoms with E-state index in [-0.39, 0.29) is 24.0 Å². The van der Waals surface area contributed by atoms with Gasteiger partial charge in [-0.15, -0.1) is 0 Å². The Morgan fingerprint density at radius 2 is 1.78 bits per heavy atom. The molecule has 0 aliphatic carbocycles. The van der Waals surface area contributed by atoms with E-state index in [0.717, 1.165) is 13.0 Å². The lowest BCUT2D eigenvalue weighted by Crippen LogP contribution is -2.48. The number of amides is 2. The predicted octanol–water partition coefficient (Wildman–Crippen LogP) is -0.462. The average molecular weight is 257 g/mol. The molecule has 0 rings (SSSR count). The molecule has 0 aromatic heterocycles. The molecule has 0 radical (unpaired) electrons. The Balaban J connectivity index is 4.40. The molecule has 104 valence electrons. The summed E-state index contributed by atoms with van der Waals surface area (Å²) in [5, 5.41) is 5.71. The van der Waals surface area contributed by atoms with E-state index >= 15 is 0 Å². The highest BCUT2D eigenvalue weighted by Crippen LogP contribution is 2.04. The number of rotatable bonds is 8. The van der Waals surface area contributed by atoms with Crippen molar-refractivity contribution in [1.82, 2.24) is 15.5 Å². The van der Waals surface area contributed by atoms with Crippen LogP contribution in [0.3, 0.4) is 0 Å². The van der Waals surface area contributed by atoms with Crippen molar-refractivity contribution in [2.75, 3.05) is 27.2 Å². The molecule has 0 saturated carbocycles. The Bertz CT molecular complexity index is 305. The lowest BCUT2D eigenvalue weighted by molar-refractivity contribution is -0.139. The molecule has 1 unspecified atom stereocenters. The maximum Gasteiger partial charge on any atom is 0.243 e. The van der Waals surface area contributed by atoms with E-state index in [2.05, 4.69) is 10.6 Å². The van der Waals surface area contributed by atoms with E-state index in [1.165, 1.54) is 25.8 Å². The van der Waals surface area contributed by atoms with Crippen LogP contribution >= 0.6 is 0 Å². The molecule has 1 atom stereocenters. The van der Waals surface area contributed by atoms with Crippen molar-refractivity contribution in [1.29, 1.82) is 0 Å². The number of nitrogens with one attached hydrogen (secondary N) is 2. The van der Waals surface area contributed by atoms with Crippen molar-refractivity contribution in [2.24, 2.45) is 0 Å². The van der Waals surface area contributed by atoms with Crippen LogP contribution in [0, 0.1) is 0 Å². The second kappa shape index (κ2) is 8.63. The van der Waals surface area contributed by atoms with Gasteiger partial charge in [0.15, 0.2) is 0 Å². The summed E-state index contributed by atoms with van der Waals surface area (Å²) < 4.78 is 0. The molecule has 2 N–H and O–H groups in total. The number of carbonyl (C=O) groups excluding carboxylic acids is 3.